The van der Waals surface area contributed by atoms with Crippen molar-refractivity contribution < 1.29 is 4.79 Å². The minimum Gasteiger partial charge on any atom is -0.370 e. The first-order chi connectivity index (χ1) is 4.77. The zero-order valence-corrected chi connectivity index (χ0v) is 12.7. The van der Waals surface area contributed by atoms with Crippen LogP contribution in [0.1, 0.15) is 45.4 Å². The van der Waals surface area contributed by atoms with E-state index in [0.717, 1.165) is 12.8 Å². The summed E-state index contributed by atoms with van der Waals surface area (Å²) >= 11 is 0. The van der Waals surface area contributed by atoms with Gasteiger partial charge in [0.1, 0.15) is 0 Å². The summed E-state index contributed by atoms with van der Waals surface area (Å²) in [5.41, 5.74) is 4.97. The van der Waals surface area contributed by atoms with Gasteiger partial charge in [0.05, 0.1) is 0 Å². The molecule has 0 aromatic carbocycles. The zero-order chi connectivity index (χ0) is 7.82. The second-order valence-electron chi connectivity index (χ2n) is 2.63. The molecule has 12 heavy (non-hydrogen) atoms. The third kappa shape index (κ3) is 17.5. The molecule has 0 fully saturated rings. The normalized spacial score (nSPS) is 8.08. The van der Waals surface area contributed by atoms with Crippen molar-refractivity contribution in [1.29, 1.82) is 0 Å². The van der Waals surface area contributed by atoms with E-state index in [9.17, 15) is 4.79 Å². The summed E-state index contributed by atoms with van der Waals surface area (Å²) in [7, 11) is 0. The molecule has 0 aliphatic carbocycles. The van der Waals surface area contributed by atoms with E-state index in [1.807, 2.05) is 0 Å². The van der Waals surface area contributed by atoms with Crippen LogP contribution in [0.15, 0.2) is 0 Å². The number of carbonyl (C=O) groups excluding carboxylic acids is 1. The monoisotopic (exact) mass is 189 g/mol. The van der Waals surface area contributed by atoms with Crippen molar-refractivity contribution >= 4 is 65.0 Å². The van der Waals surface area contributed by atoms with Crippen molar-refractivity contribution in [2.45, 2.75) is 45.4 Å². The average molecular weight is 189 g/mol. The van der Waals surface area contributed by atoms with Crippen molar-refractivity contribution in [3.63, 3.8) is 0 Å². The van der Waals surface area contributed by atoms with Crippen molar-refractivity contribution in [1.82, 2.24) is 0 Å². The van der Waals surface area contributed by atoms with Gasteiger partial charge in [-0.05, 0) is 6.42 Å². The van der Waals surface area contributed by atoms with E-state index >= 15 is 0 Å². The fraction of sp³-hybridized carbons (Fsp3) is 0.875. The van der Waals surface area contributed by atoms with Gasteiger partial charge in [-0.2, -0.15) is 0 Å². The fourth-order valence-corrected chi connectivity index (χ4v) is 0.903. The van der Waals surface area contributed by atoms with E-state index in [4.69, 9.17) is 5.73 Å². The molecule has 0 heterocycles. The maximum absolute atomic E-state index is 10.3. The predicted octanol–water partition coefficient (Wildman–Crippen LogP) is 1.07. The number of carbonyl (C=O) groups is 1. The topological polar surface area (TPSA) is 43.1 Å². The van der Waals surface area contributed by atoms with Gasteiger partial charge in [-0.15, -0.1) is 0 Å². The molecule has 1 amide bonds. The summed E-state index contributed by atoms with van der Waals surface area (Å²) in [4.78, 5) is 10.3. The van der Waals surface area contributed by atoms with Gasteiger partial charge in [0.2, 0.25) is 5.91 Å². The number of primary amides is 1. The average Bonchev–Trinajstić information content (AvgIpc) is 1.87. The summed E-state index contributed by atoms with van der Waals surface area (Å²) in [6, 6.07) is 0. The van der Waals surface area contributed by atoms with Crippen LogP contribution in [0, 0.1) is 0 Å². The molecule has 0 aliphatic rings. The summed E-state index contributed by atoms with van der Waals surface area (Å²) in [6.07, 6.45) is 6.44. The van der Waals surface area contributed by atoms with Gasteiger partial charge in [-0.3, -0.25) is 4.79 Å². The minimum atomic E-state index is -0.170. The molecule has 4 heteroatoms. The first kappa shape index (κ1) is 19.1. The molecule has 0 saturated heterocycles. The van der Waals surface area contributed by atoms with E-state index in [1.54, 1.807) is 0 Å². The second-order valence-corrected chi connectivity index (χ2v) is 2.63. The molecule has 0 aliphatic heterocycles. The molecule has 62 valence electrons. The van der Waals surface area contributed by atoms with Crippen molar-refractivity contribution in [3.05, 3.63) is 0 Å². The Morgan fingerprint density at radius 3 is 2.00 bits per heavy atom. The molecule has 2 nitrogen and oxygen atoms in total. The smallest absolute Gasteiger partial charge is 0.217 e. The van der Waals surface area contributed by atoms with Crippen molar-refractivity contribution in [2.24, 2.45) is 5.73 Å². The Kier molecular flexibility index (Phi) is 23.8. The van der Waals surface area contributed by atoms with E-state index < -0.39 is 0 Å². The minimum absolute atomic E-state index is 0. The largest absolute Gasteiger partial charge is 0.370 e. The van der Waals surface area contributed by atoms with E-state index in [0.29, 0.717) is 6.42 Å². The Balaban J connectivity index is -0.000000405. The van der Waals surface area contributed by atoms with Gasteiger partial charge >= 0.3 is 0 Å². The quantitative estimate of drug-likeness (QED) is 0.493. The van der Waals surface area contributed by atoms with Crippen molar-refractivity contribution in [3.8, 4) is 0 Å². The van der Waals surface area contributed by atoms with Crippen LogP contribution in [-0.2, 0) is 4.79 Å². The Bertz CT molecular complexity index is 99.1. The molecule has 0 saturated carbocycles. The number of rotatable bonds is 6. The first-order valence-electron chi connectivity index (χ1n) is 4.05. The molecular weight excluding hydrogens is 172 g/mol. The number of hydrogen-bond donors (Lipinski definition) is 1. The molecule has 2 N–H and O–H groups in total. The molecule has 0 spiro atoms. The van der Waals surface area contributed by atoms with Crippen LogP contribution in [0.5, 0.6) is 0 Å². The van der Waals surface area contributed by atoms with Crippen LogP contribution in [-0.4, -0.2) is 65.0 Å². The molecular formula is C8H17NNa2O. The molecule has 0 rings (SSSR count). The van der Waals surface area contributed by atoms with E-state index in [2.05, 4.69) is 6.92 Å². The molecule has 0 atom stereocenters. The Morgan fingerprint density at radius 1 is 1.08 bits per heavy atom. The molecule has 0 aromatic rings. The predicted molar refractivity (Wildman–Crippen MR) is 54.1 cm³/mol. The van der Waals surface area contributed by atoms with Gasteiger partial charge in [0.15, 0.2) is 0 Å². The van der Waals surface area contributed by atoms with Gasteiger partial charge in [0.25, 0.3) is 0 Å². The fourth-order valence-electron chi connectivity index (χ4n) is 0.903. The Morgan fingerprint density at radius 2 is 1.58 bits per heavy atom. The summed E-state index contributed by atoms with van der Waals surface area (Å²) in [5, 5.41) is 0. The third-order valence-corrected chi connectivity index (χ3v) is 1.53. The SMILES string of the molecule is CCCCCCCC(N)=O.[Na].[Na]. The second kappa shape index (κ2) is 15.0. The van der Waals surface area contributed by atoms with Gasteiger partial charge in [-0.25, -0.2) is 0 Å². The van der Waals surface area contributed by atoms with Gasteiger partial charge in [-0.1, -0.05) is 32.6 Å². The Labute approximate surface area is 120 Å². The van der Waals surface area contributed by atoms with Crippen LogP contribution < -0.4 is 5.73 Å². The van der Waals surface area contributed by atoms with E-state index in [-0.39, 0.29) is 65.0 Å². The molecule has 2 radical (unpaired) electrons. The first-order valence-corrected chi connectivity index (χ1v) is 4.05. The summed E-state index contributed by atoms with van der Waals surface area (Å²) in [6.45, 7) is 2.17. The number of nitrogens with two attached hydrogens (primary N) is 1. The summed E-state index contributed by atoms with van der Waals surface area (Å²) in [5.74, 6) is -0.170. The third-order valence-electron chi connectivity index (χ3n) is 1.53. The number of unbranched alkanes of at least 4 members (excludes halogenated alkanes) is 4. The maximum atomic E-state index is 10.3. The van der Waals surface area contributed by atoms with Crippen LogP contribution >= 0.6 is 0 Å². The molecule has 0 bridgehead atoms. The van der Waals surface area contributed by atoms with Crippen LogP contribution in [0.3, 0.4) is 0 Å². The summed E-state index contributed by atoms with van der Waals surface area (Å²) < 4.78 is 0. The van der Waals surface area contributed by atoms with E-state index in [1.165, 1.54) is 19.3 Å². The van der Waals surface area contributed by atoms with Crippen LogP contribution in [0.25, 0.3) is 0 Å². The standard InChI is InChI=1S/C8H17NO.2Na/c1-2-3-4-5-6-7-8(9)10;;/h2-7H2,1H3,(H2,9,10);;. The maximum Gasteiger partial charge on any atom is 0.217 e. The van der Waals surface area contributed by atoms with Gasteiger partial charge in [0, 0.05) is 65.5 Å². The van der Waals surface area contributed by atoms with Crippen LogP contribution in [0.4, 0.5) is 0 Å². The van der Waals surface area contributed by atoms with Gasteiger partial charge < -0.3 is 5.73 Å². The Hall–Kier alpha value is 1.47. The van der Waals surface area contributed by atoms with Crippen molar-refractivity contribution in [2.75, 3.05) is 0 Å². The number of hydrogen-bond acceptors (Lipinski definition) is 1. The number of amides is 1. The molecule has 0 aromatic heterocycles. The zero-order valence-electron chi connectivity index (χ0n) is 8.73. The molecule has 0 unspecified atom stereocenters. The van der Waals surface area contributed by atoms with Crippen LogP contribution in [0.2, 0.25) is 0 Å².